The van der Waals surface area contributed by atoms with Crippen LogP contribution in [0.4, 0.5) is 5.69 Å². The molecule has 1 aromatic rings. The molecule has 0 aromatic heterocycles. The molecule has 0 saturated carbocycles. The third kappa shape index (κ3) is 9.49. The first kappa shape index (κ1) is 42.1. The molecule has 3 heterocycles. The lowest BCUT2D eigenvalue weighted by molar-refractivity contribution is -0.521. The number of unbranched alkanes of at least 4 members (excludes halogenated alkanes) is 2. The van der Waals surface area contributed by atoms with Crippen LogP contribution in [0.15, 0.2) is 70.4 Å². The minimum atomic E-state index is -4.44. The Balaban J connectivity index is 1.38. The molecule has 0 spiro atoms. The van der Waals surface area contributed by atoms with Crippen molar-refractivity contribution >= 4 is 39.3 Å². The lowest BCUT2D eigenvalue weighted by atomic mass is 9.74. The largest absolute Gasteiger partial charge is 0.485 e. The minimum absolute atomic E-state index is 0.0456. The molecule has 1 fully saturated rings. The maximum atomic E-state index is 12.4. The topological polar surface area (TPSA) is 143 Å². The Hall–Kier alpha value is -4.07. The number of amides is 2. The minimum Gasteiger partial charge on any atom is -0.485 e. The molecule has 3 atom stereocenters. The van der Waals surface area contributed by atoms with E-state index in [2.05, 4.69) is 81.4 Å². The Kier molecular flexibility index (Phi) is 13.3. The average molecular weight is 781 g/mol. The molecule has 1 N–H and O–H groups in total. The van der Waals surface area contributed by atoms with E-state index in [9.17, 15) is 27.4 Å². The number of rotatable bonds is 16. The normalized spacial score (nSPS) is 22.7. The van der Waals surface area contributed by atoms with E-state index in [1.807, 2.05) is 0 Å². The highest BCUT2D eigenvalue weighted by Crippen LogP contribution is 2.50. The fourth-order valence-electron chi connectivity index (χ4n) is 8.26. The van der Waals surface area contributed by atoms with Crippen LogP contribution in [0.5, 0.6) is 0 Å². The van der Waals surface area contributed by atoms with Crippen LogP contribution in [0, 0.1) is 5.41 Å². The number of carbonyl (C=O) groups is 3. The summed E-state index contributed by atoms with van der Waals surface area (Å²) in [5, 5.41) is 0.574. The van der Waals surface area contributed by atoms with Gasteiger partial charge in [-0.15, -0.1) is 5.06 Å². The van der Waals surface area contributed by atoms with Crippen molar-refractivity contribution in [3.8, 4) is 0 Å². The molecule has 2 amide bonds. The van der Waals surface area contributed by atoms with E-state index < -0.39 is 33.3 Å². The Labute approximate surface area is 326 Å². The Morgan fingerprint density at radius 3 is 2.44 bits per heavy atom. The number of hydrogen-bond acceptors (Lipinski definition) is 9. The number of nitrogens with zero attached hydrogens (tertiary/aromatic N) is 3. The number of allylic oxidation sites excluding steroid dienone is 4. The second-order valence-corrected chi connectivity index (χ2v) is 17.4. The summed E-state index contributed by atoms with van der Waals surface area (Å²) in [6.45, 7) is 16.1. The molecular formula is C42H58N3O9S+. The summed E-state index contributed by atoms with van der Waals surface area (Å²) in [5.74, 6) is -0.830. The number of hydroxylamine groups is 2. The SMILES string of the molecule is CC[N+](CC)=C1C=CC2=C(C(C)(C)C)C=C(/C=C/CC3N(CCCCCC(=O)ON4C(=O)CCC4=O)c4ccc(S(=O)(=O)O)cc4C3(C)CCOC)OC2C1. The molecule has 1 saturated heterocycles. The molecule has 4 aliphatic rings. The van der Waals surface area contributed by atoms with Gasteiger partial charge in [-0.05, 0) is 98.1 Å². The molecule has 1 aliphatic carbocycles. The molecular weight excluding hydrogens is 723 g/mol. The van der Waals surface area contributed by atoms with Gasteiger partial charge in [0.05, 0.1) is 11.3 Å². The fraction of sp³-hybridized carbons (Fsp3) is 0.571. The predicted molar refractivity (Wildman–Crippen MR) is 210 cm³/mol. The lowest BCUT2D eigenvalue weighted by Gasteiger charge is -2.37. The van der Waals surface area contributed by atoms with Crippen molar-refractivity contribution in [3.05, 3.63) is 71.0 Å². The Morgan fingerprint density at radius 2 is 1.80 bits per heavy atom. The van der Waals surface area contributed by atoms with Crippen molar-refractivity contribution in [2.75, 3.05) is 38.3 Å². The zero-order valence-electron chi connectivity index (χ0n) is 33.4. The van der Waals surface area contributed by atoms with Gasteiger partial charge in [0, 0.05) is 62.7 Å². The summed E-state index contributed by atoms with van der Waals surface area (Å²) in [7, 11) is -2.80. The second-order valence-electron chi connectivity index (χ2n) is 16.0. The van der Waals surface area contributed by atoms with Crippen LogP contribution in [0.3, 0.4) is 0 Å². The van der Waals surface area contributed by atoms with E-state index in [0.717, 1.165) is 36.5 Å². The number of methoxy groups -OCH3 is 1. The van der Waals surface area contributed by atoms with Crippen LogP contribution in [-0.2, 0) is 44.2 Å². The van der Waals surface area contributed by atoms with Crippen LogP contribution < -0.4 is 4.90 Å². The van der Waals surface area contributed by atoms with Crippen LogP contribution in [-0.4, -0.2) is 91.6 Å². The van der Waals surface area contributed by atoms with E-state index in [-0.39, 0.29) is 41.7 Å². The molecule has 1 aromatic carbocycles. The monoisotopic (exact) mass is 780 g/mol. The number of fused-ring (bicyclic) bond motifs is 2. The van der Waals surface area contributed by atoms with Crippen LogP contribution in [0.25, 0.3) is 0 Å². The van der Waals surface area contributed by atoms with E-state index in [4.69, 9.17) is 14.3 Å². The van der Waals surface area contributed by atoms with Crippen molar-refractivity contribution in [2.45, 2.75) is 122 Å². The van der Waals surface area contributed by atoms with E-state index in [0.29, 0.717) is 50.3 Å². The maximum absolute atomic E-state index is 12.4. The summed E-state index contributed by atoms with van der Waals surface area (Å²) in [6.07, 6.45) is 14.8. The van der Waals surface area contributed by atoms with Crippen molar-refractivity contribution in [1.29, 1.82) is 0 Å². The molecule has 3 unspecified atom stereocenters. The number of hydrogen-bond donors (Lipinski definition) is 1. The van der Waals surface area contributed by atoms with Gasteiger partial charge in [0.2, 0.25) is 0 Å². The molecule has 55 heavy (non-hydrogen) atoms. The van der Waals surface area contributed by atoms with Crippen molar-refractivity contribution < 1.29 is 46.2 Å². The Bertz CT molecular complexity index is 1900. The van der Waals surface area contributed by atoms with Gasteiger partial charge in [0.1, 0.15) is 25.0 Å². The summed E-state index contributed by atoms with van der Waals surface area (Å²) >= 11 is 0. The Morgan fingerprint density at radius 1 is 1.09 bits per heavy atom. The van der Waals surface area contributed by atoms with Gasteiger partial charge in [0.25, 0.3) is 21.9 Å². The quantitative estimate of drug-likeness (QED) is 0.0843. The number of imide groups is 1. The van der Waals surface area contributed by atoms with Crippen molar-refractivity contribution in [3.63, 3.8) is 0 Å². The fourth-order valence-corrected chi connectivity index (χ4v) is 8.76. The molecule has 0 radical (unpaired) electrons. The second kappa shape index (κ2) is 17.4. The van der Waals surface area contributed by atoms with Gasteiger partial charge in [-0.2, -0.15) is 8.42 Å². The first-order valence-corrected chi connectivity index (χ1v) is 21.0. The summed E-state index contributed by atoms with van der Waals surface area (Å²) in [5.41, 5.74) is 4.81. The third-order valence-electron chi connectivity index (χ3n) is 11.3. The third-order valence-corrected chi connectivity index (χ3v) is 12.1. The van der Waals surface area contributed by atoms with Crippen molar-refractivity contribution in [2.24, 2.45) is 5.41 Å². The van der Waals surface area contributed by atoms with E-state index in [1.165, 1.54) is 22.9 Å². The molecule has 5 rings (SSSR count). The average Bonchev–Trinajstić information content (AvgIpc) is 3.57. The maximum Gasteiger partial charge on any atom is 0.333 e. The van der Waals surface area contributed by atoms with Gasteiger partial charge in [-0.1, -0.05) is 40.2 Å². The number of anilines is 1. The summed E-state index contributed by atoms with van der Waals surface area (Å²) < 4.78 is 49.2. The van der Waals surface area contributed by atoms with Gasteiger partial charge in [-0.25, -0.2) is 9.37 Å². The molecule has 3 aliphatic heterocycles. The van der Waals surface area contributed by atoms with Gasteiger partial charge in [0.15, 0.2) is 5.71 Å². The standard InChI is InChI=1S/C42H57N3O9S/c1-8-43(9-2)29-17-19-32-33(41(3,4)5)27-30(53-36(32)26-29)14-13-15-37-42(6,23-25-52-7)34-28-31(55(49,50)51)18-20-35(34)44(37)24-12-10-11-16-40(48)54-45-38(46)21-22-39(45)47/h13-14,17-20,27-28,36-37H,8-12,15-16,21-26H2,1-7H3/p+1/b14-13+. The summed E-state index contributed by atoms with van der Waals surface area (Å²) in [4.78, 5) is 43.3. The van der Waals surface area contributed by atoms with Crippen LogP contribution in [0.1, 0.15) is 105 Å². The zero-order chi connectivity index (χ0) is 40.1. The molecule has 300 valence electrons. The van der Waals surface area contributed by atoms with Crippen LogP contribution >= 0.6 is 0 Å². The van der Waals surface area contributed by atoms with Gasteiger partial charge >= 0.3 is 5.97 Å². The number of ether oxygens (including phenoxy) is 2. The molecule has 13 heteroatoms. The van der Waals surface area contributed by atoms with Gasteiger partial charge < -0.3 is 19.2 Å². The highest BCUT2D eigenvalue weighted by Gasteiger charge is 2.47. The first-order valence-electron chi connectivity index (χ1n) is 19.5. The highest BCUT2D eigenvalue weighted by molar-refractivity contribution is 7.85. The van der Waals surface area contributed by atoms with Gasteiger partial charge in [-0.3, -0.25) is 14.1 Å². The smallest absolute Gasteiger partial charge is 0.333 e. The number of carbonyl (C=O) groups excluding carboxylic acids is 3. The highest BCUT2D eigenvalue weighted by atomic mass is 32.2. The number of benzene rings is 1. The van der Waals surface area contributed by atoms with E-state index in [1.54, 1.807) is 19.2 Å². The molecule has 12 nitrogen and oxygen atoms in total. The summed E-state index contributed by atoms with van der Waals surface area (Å²) in [6, 6.07) is 4.70. The first-order chi connectivity index (χ1) is 26.0. The van der Waals surface area contributed by atoms with Crippen molar-refractivity contribution in [1.82, 2.24) is 5.06 Å². The predicted octanol–water partition coefficient (Wildman–Crippen LogP) is 6.61. The zero-order valence-corrected chi connectivity index (χ0v) is 34.2. The lowest BCUT2D eigenvalue weighted by Crippen LogP contribution is -2.44. The van der Waals surface area contributed by atoms with E-state index >= 15 is 0 Å². The molecule has 0 bridgehead atoms. The van der Waals surface area contributed by atoms with Crippen LogP contribution in [0.2, 0.25) is 0 Å².